The van der Waals surface area contributed by atoms with Gasteiger partial charge in [0, 0.05) is 56.4 Å². The summed E-state index contributed by atoms with van der Waals surface area (Å²) in [7, 11) is 1.86. The van der Waals surface area contributed by atoms with Crippen molar-refractivity contribution in [2.24, 2.45) is 0 Å². The Kier molecular flexibility index (Phi) is 7.49. The highest BCUT2D eigenvalue weighted by Crippen LogP contribution is 2.13. The van der Waals surface area contributed by atoms with Crippen molar-refractivity contribution in [2.75, 3.05) is 59.5 Å². The van der Waals surface area contributed by atoms with Crippen molar-refractivity contribution in [3.8, 4) is 0 Å². The van der Waals surface area contributed by atoms with Gasteiger partial charge >= 0.3 is 0 Å². The highest BCUT2D eigenvalue weighted by atomic mass is 79.9. The minimum absolute atomic E-state index is 0.0686. The summed E-state index contributed by atoms with van der Waals surface area (Å²) in [5, 5.41) is 8.95. The van der Waals surface area contributed by atoms with Crippen LogP contribution in [0.5, 0.6) is 0 Å². The molecule has 0 atom stereocenters. The summed E-state index contributed by atoms with van der Waals surface area (Å²) < 4.78 is 0.928. The predicted molar refractivity (Wildman–Crippen MR) is 95.7 cm³/mol. The summed E-state index contributed by atoms with van der Waals surface area (Å²) in [5.74, 6) is 0.0686. The van der Waals surface area contributed by atoms with Crippen LogP contribution >= 0.6 is 15.9 Å². The van der Waals surface area contributed by atoms with E-state index in [2.05, 4.69) is 25.7 Å². The van der Waals surface area contributed by atoms with E-state index < -0.39 is 0 Å². The second kappa shape index (κ2) is 9.37. The zero-order valence-corrected chi connectivity index (χ0v) is 15.3. The number of aliphatic hydroxyl groups excluding tert-OH is 1. The van der Waals surface area contributed by atoms with E-state index in [0.717, 1.165) is 62.3 Å². The van der Waals surface area contributed by atoms with Gasteiger partial charge in [-0.2, -0.15) is 0 Å². The molecule has 1 aromatic rings. The summed E-state index contributed by atoms with van der Waals surface area (Å²) in [4.78, 5) is 18.9. The lowest BCUT2D eigenvalue weighted by molar-refractivity contribution is 0.0777. The maximum Gasteiger partial charge on any atom is 0.253 e. The van der Waals surface area contributed by atoms with E-state index in [-0.39, 0.29) is 12.5 Å². The van der Waals surface area contributed by atoms with Crippen molar-refractivity contribution in [1.82, 2.24) is 14.7 Å². The van der Waals surface area contributed by atoms with Crippen LogP contribution in [0, 0.1) is 0 Å². The number of hydrogen-bond donors (Lipinski definition) is 1. The second-order valence-electron chi connectivity index (χ2n) is 6.00. The molecule has 1 aromatic carbocycles. The maximum atomic E-state index is 12.4. The van der Waals surface area contributed by atoms with Crippen LogP contribution in [0.3, 0.4) is 0 Å². The number of benzene rings is 1. The molecule has 0 bridgehead atoms. The van der Waals surface area contributed by atoms with E-state index in [1.54, 1.807) is 4.90 Å². The van der Waals surface area contributed by atoms with Crippen molar-refractivity contribution in [3.63, 3.8) is 0 Å². The lowest BCUT2D eigenvalue weighted by Crippen LogP contribution is -2.47. The largest absolute Gasteiger partial charge is 0.395 e. The van der Waals surface area contributed by atoms with Crippen LogP contribution in [-0.2, 0) is 0 Å². The molecule has 0 saturated carbocycles. The first-order chi connectivity index (χ1) is 11.1. The lowest BCUT2D eigenvalue weighted by atomic mass is 10.2. The minimum Gasteiger partial charge on any atom is -0.395 e. The Balaban J connectivity index is 1.69. The number of hydrogen-bond acceptors (Lipinski definition) is 4. The third kappa shape index (κ3) is 5.88. The van der Waals surface area contributed by atoms with Gasteiger partial charge in [0.1, 0.15) is 0 Å². The zero-order chi connectivity index (χ0) is 16.7. The third-order valence-electron chi connectivity index (χ3n) is 4.27. The Bertz CT molecular complexity index is 504. The molecule has 1 amide bonds. The number of β-amino-alcohol motifs (C(OH)–C–C–N with tert-alkyl or cyclic N) is 1. The van der Waals surface area contributed by atoms with Crippen molar-refractivity contribution in [3.05, 3.63) is 34.3 Å². The number of carbonyl (C=O) groups excluding carboxylic acids is 1. The van der Waals surface area contributed by atoms with E-state index in [1.165, 1.54) is 0 Å². The predicted octanol–water partition coefficient (Wildman–Crippen LogP) is 1.52. The molecule has 1 N–H and O–H groups in total. The van der Waals surface area contributed by atoms with Gasteiger partial charge in [0.2, 0.25) is 0 Å². The molecule has 1 aliphatic rings. The Hall–Kier alpha value is -0.950. The van der Waals surface area contributed by atoms with Crippen LogP contribution in [-0.4, -0.2) is 85.2 Å². The summed E-state index contributed by atoms with van der Waals surface area (Å²) in [6, 6.07) is 7.52. The van der Waals surface area contributed by atoms with E-state index >= 15 is 0 Å². The van der Waals surface area contributed by atoms with E-state index in [9.17, 15) is 4.79 Å². The number of aliphatic hydroxyl groups is 1. The number of rotatable bonds is 7. The highest BCUT2D eigenvalue weighted by molar-refractivity contribution is 9.10. The number of nitrogens with zero attached hydrogens (tertiary/aromatic N) is 3. The third-order valence-corrected chi connectivity index (χ3v) is 4.76. The van der Waals surface area contributed by atoms with E-state index in [0.29, 0.717) is 0 Å². The van der Waals surface area contributed by atoms with Gasteiger partial charge < -0.3 is 14.9 Å². The molecule has 1 aliphatic heterocycles. The van der Waals surface area contributed by atoms with Crippen LogP contribution < -0.4 is 0 Å². The number of piperazine rings is 1. The van der Waals surface area contributed by atoms with Gasteiger partial charge in [0.15, 0.2) is 0 Å². The Morgan fingerprint density at radius 1 is 1.22 bits per heavy atom. The highest BCUT2D eigenvalue weighted by Gasteiger charge is 2.17. The quantitative estimate of drug-likeness (QED) is 0.775. The topological polar surface area (TPSA) is 47.0 Å². The van der Waals surface area contributed by atoms with Crippen LogP contribution in [0.2, 0.25) is 0 Å². The van der Waals surface area contributed by atoms with Crippen LogP contribution in [0.15, 0.2) is 28.7 Å². The molecule has 0 aliphatic carbocycles. The molecule has 5 nitrogen and oxygen atoms in total. The molecule has 1 saturated heterocycles. The van der Waals surface area contributed by atoms with Crippen molar-refractivity contribution in [2.45, 2.75) is 6.42 Å². The fraction of sp³-hybridized carbons (Fsp3) is 0.588. The molecular formula is C17H26BrN3O2. The monoisotopic (exact) mass is 383 g/mol. The lowest BCUT2D eigenvalue weighted by Gasteiger charge is -2.34. The van der Waals surface area contributed by atoms with Crippen LogP contribution in [0.1, 0.15) is 16.8 Å². The average molecular weight is 384 g/mol. The standard InChI is InChI=1S/C17H26BrN3O2/c1-19(17(23)15-4-2-5-16(18)14-15)6-3-7-20-8-10-21(11-9-20)12-13-22/h2,4-5,14,22H,3,6-13H2,1H3. The average Bonchev–Trinajstić information content (AvgIpc) is 2.56. The van der Waals surface area contributed by atoms with E-state index in [4.69, 9.17) is 5.11 Å². The second-order valence-corrected chi connectivity index (χ2v) is 6.91. The van der Waals surface area contributed by atoms with Gasteiger partial charge in [-0.1, -0.05) is 22.0 Å². The molecule has 6 heteroatoms. The number of amides is 1. The smallest absolute Gasteiger partial charge is 0.253 e. The Morgan fingerprint density at radius 3 is 2.48 bits per heavy atom. The van der Waals surface area contributed by atoms with Crippen LogP contribution in [0.25, 0.3) is 0 Å². The molecule has 1 fully saturated rings. The summed E-state index contributed by atoms with van der Waals surface area (Å²) >= 11 is 3.40. The SMILES string of the molecule is CN(CCCN1CCN(CCO)CC1)C(=O)c1cccc(Br)c1. The van der Waals surface area contributed by atoms with Gasteiger partial charge in [0.05, 0.1) is 6.61 Å². The van der Waals surface area contributed by atoms with Gasteiger partial charge in [-0.15, -0.1) is 0 Å². The van der Waals surface area contributed by atoms with Crippen LogP contribution in [0.4, 0.5) is 0 Å². The fourth-order valence-electron chi connectivity index (χ4n) is 2.85. The minimum atomic E-state index is 0.0686. The van der Waals surface area contributed by atoms with Gasteiger partial charge in [-0.25, -0.2) is 0 Å². The molecule has 0 aromatic heterocycles. The van der Waals surface area contributed by atoms with Crippen molar-refractivity contribution in [1.29, 1.82) is 0 Å². The molecule has 23 heavy (non-hydrogen) atoms. The first-order valence-corrected chi connectivity index (χ1v) is 8.96. The maximum absolute atomic E-state index is 12.4. The summed E-state index contributed by atoms with van der Waals surface area (Å²) in [6.07, 6.45) is 0.982. The molecular weight excluding hydrogens is 358 g/mol. The van der Waals surface area contributed by atoms with Crippen molar-refractivity contribution >= 4 is 21.8 Å². The number of halogens is 1. The zero-order valence-electron chi connectivity index (χ0n) is 13.7. The molecule has 128 valence electrons. The fourth-order valence-corrected chi connectivity index (χ4v) is 3.25. The summed E-state index contributed by atoms with van der Waals surface area (Å²) in [5.41, 5.74) is 0.722. The molecule has 0 radical (unpaired) electrons. The van der Waals surface area contributed by atoms with Gasteiger partial charge in [0.25, 0.3) is 5.91 Å². The molecule has 1 heterocycles. The molecule has 0 spiro atoms. The molecule has 0 unspecified atom stereocenters. The normalized spacial score (nSPS) is 16.5. The Labute approximate surface area is 147 Å². The van der Waals surface area contributed by atoms with Crippen molar-refractivity contribution < 1.29 is 9.90 Å². The number of carbonyl (C=O) groups is 1. The summed E-state index contributed by atoms with van der Waals surface area (Å²) in [6.45, 7) is 6.93. The first-order valence-electron chi connectivity index (χ1n) is 8.17. The van der Waals surface area contributed by atoms with E-state index in [1.807, 2.05) is 31.3 Å². The van der Waals surface area contributed by atoms with Gasteiger partial charge in [-0.3, -0.25) is 9.69 Å². The first kappa shape index (κ1) is 18.4. The van der Waals surface area contributed by atoms with Gasteiger partial charge in [-0.05, 0) is 31.2 Å². The Morgan fingerprint density at radius 2 is 1.87 bits per heavy atom. The molecule has 2 rings (SSSR count).